The summed E-state index contributed by atoms with van der Waals surface area (Å²) < 4.78 is 0. The first-order chi connectivity index (χ1) is 4.70. The Hall–Kier alpha value is -0.500. The van der Waals surface area contributed by atoms with Gasteiger partial charge in [-0.05, 0) is 24.3 Å². The Morgan fingerprint density at radius 1 is 1.60 bits per heavy atom. The van der Waals surface area contributed by atoms with Crippen LogP contribution in [0.5, 0.6) is 0 Å². The van der Waals surface area contributed by atoms with Gasteiger partial charge in [-0.1, -0.05) is 13.8 Å². The van der Waals surface area contributed by atoms with E-state index in [1.165, 1.54) is 10.6 Å². The van der Waals surface area contributed by atoms with Crippen LogP contribution in [0.3, 0.4) is 0 Å². The van der Waals surface area contributed by atoms with Crippen LogP contribution in [0.25, 0.3) is 0 Å². The summed E-state index contributed by atoms with van der Waals surface area (Å²) in [5.41, 5.74) is 1.36. The van der Waals surface area contributed by atoms with Crippen LogP contribution in [-0.4, -0.2) is 16.8 Å². The van der Waals surface area contributed by atoms with Gasteiger partial charge in [0.15, 0.2) is 0 Å². The fourth-order valence-corrected chi connectivity index (χ4v) is 1.20. The lowest BCUT2D eigenvalue weighted by Crippen LogP contribution is -2.19. The highest BCUT2D eigenvalue weighted by molar-refractivity contribution is 5.05. The minimum absolute atomic E-state index is 0.579. The van der Waals surface area contributed by atoms with Crippen LogP contribution in [0, 0.1) is 5.92 Å². The molecule has 1 aliphatic rings. The molecule has 0 radical (unpaired) electrons. The minimum Gasteiger partial charge on any atom is -0.289 e. The standard InChI is InChI=1S/C8H15NO/c1-7(2)8-4-3-5-9(10)6-8/h6-7,10H,3-5H2,1-2H3. The molecule has 1 aliphatic heterocycles. The molecule has 0 saturated carbocycles. The second kappa shape index (κ2) is 3.06. The molecule has 0 unspecified atom stereocenters. The van der Waals surface area contributed by atoms with E-state index in [-0.39, 0.29) is 0 Å². The number of hydrogen-bond donors (Lipinski definition) is 1. The summed E-state index contributed by atoms with van der Waals surface area (Å²) in [6, 6.07) is 0. The van der Waals surface area contributed by atoms with Crippen molar-refractivity contribution in [2.45, 2.75) is 26.7 Å². The second-order valence-corrected chi connectivity index (χ2v) is 3.13. The average molecular weight is 141 g/mol. The molecule has 2 heteroatoms. The Morgan fingerprint density at radius 2 is 2.30 bits per heavy atom. The van der Waals surface area contributed by atoms with Crippen molar-refractivity contribution in [3.8, 4) is 0 Å². The van der Waals surface area contributed by atoms with Gasteiger partial charge in [-0.3, -0.25) is 10.3 Å². The molecule has 0 saturated heterocycles. The van der Waals surface area contributed by atoms with Crippen LogP contribution in [0.15, 0.2) is 11.8 Å². The number of hydrogen-bond acceptors (Lipinski definition) is 2. The maximum Gasteiger partial charge on any atom is 0.0449 e. The molecule has 0 aromatic rings. The highest BCUT2D eigenvalue weighted by Crippen LogP contribution is 2.20. The minimum atomic E-state index is 0.579. The highest BCUT2D eigenvalue weighted by Gasteiger charge is 2.10. The Morgan fingerprint density at radius 3 is 2.70 bits per heavy atom. The van der Waals surface area contributed by atoms with Gasteiger partial charge in [0.2, 0.25) is 0 Å². The van der Waals surface area contributed by atoms with Gasteiger partial charge in [-0.2, -0.15) is 0 Å². The average Bonchev–Trinajstić information content (AvgIpc) is 1.88. The Labute approximate surface area is 62.1 Å². The number of hydroxylamine groups is 2. The zero-order valence-electron chi connectivity index (χ0n) is 6.67. The molecule has 0 atom stereocenters. The number of nitrogens with zero attached hydrogens (tertiary/aromatic N) is 1. The Kier molecular flexibility index (Phi) is 2.33. The summed E-state index contributed by atoms with van der Waals surface area (Å²) in [6.45, 7) is 5.10. The highest BCUT2D eigenvalue weighted by atomic mass is 16.5. The van der Waals surface area contributed by atoms with E-state index in [1.807, 2.05) is 6.20 Å². The predicted octanol–water partition coefficient (Wildman–Crippen LogP) is 2.01. The van der Waals surface area contributed by atoms with Crippen molar-refractivity contribution in [1.82, 2.24) is 5.06 Å². The predicted molar refractivity (Wildman–Crippen MR) is 40.6 cm³/mol. The first-order valence-electron chi connectivity index (χ1n) is 3.86. The molecule has 0 fully saturated rings. The van der Waals surface area contributed by atoms with Gasteiger partial charge >= 0.3 is 0 Å². The number of allylic oxidation sites excluding steroid dienone is 1. The number of rotatable bonds is 1. The third-order valence-electron chi connectivity index (χ3n) is 1.91. The quantitative estimate of drug-likeness (QED) is 0.603. The van der Waals surface area contributed by atoms with Crippen LogP contribution < -0.4 is 0 Å². The molecule has 58 valence electrons. The first-order valence-corrected chi connectivity index (χ1v) is 3.86. The van der Waals surface area contributed by atoms with E-state index >= 15 is 0 Å². The van der Waals surface area contributed by atoms with Crippen LogP contribution in [-0.2, 0) is 0 Å². The molecule has 2 nitrogen and oxygen atoms in total. The monoisotopic (exact) mass is 141 g/mol. The van der Waals surface area contributed by atoms with Crippen molar-refractivity contribution >= 4 is 0 Å². The molecule has 0 aromatic heterocycles. The zero-order valence-corrected chi connectivity index (χ0v) is 6.67. The molecular weight excluding hydrogens is 126 g/mol. The largest absolute Gasteiger partial charge is 0.289 e. The summed E-state index contributed by atoms with van der Waals surface area (Å²) in [5, 5.41) is 10.4. The van der Waals surface area contributed by atoms with Gasteiger partial charge in [-0.15, -0.1) is 0 Å². The fraction of sp³-hybridized carbons (Fsp3) is 0.750. The Balaban J connectivity index is 2.57. The van der Waals surface area contributed by atoms with Gasteiger partial charge in [0, 0.05) is 12.7 Å². The molecule has 0 bridgehead atoms. The summed E-state index contributed by atoms with van der Waals surface area (Å²) in [5.74, 6) is 0.579. The molecule has 1 rings (SSSR count). The first kappa shape index (κ1) is 7.61. The maximum absolute atomic E-state index is 9.09. The van der Waals surface area contributed by atoms with Crippen LogP contribution in [0.1, 0.15) is 26.7 Å². The maximum atomic E-state index is 9.09. The lowest BCUT2D eigenvalue weighted by molar-refractivity contribution is -0.0477. The molecule has 10 heavy (non-hydrogen) atoms. The fourth-order valence-electron chi connectivity index (χ4n) is 1.20. The van der Waals surface area contributed by atoms with Crippen LogP contribution in [0.4, 0.5) is 0 Å². The van der Waals surface area contributed by atoms with E-state index in [0.717, 1.165) is 19.4 Å². The van der Waals surface area contributed by atoms with Crippen molar-refractivity contribution in [2.75, 3.05) is 6.54 Å². The summed E-state index contributed by atoms with van der Waals surface area (Å²) >= 11 is 0. The van der Waals surface area contributed by atoms with Crippen molar-refractivity contribution < 1.29 is 5.21 Å². The van der Waals surface area contributed by atoms with Crippen molar-refractivity contribution in [3.63, 3.8) is 0 Å². The SMILES string of the molecule is CC(C)C1=CN(O)CCC1. The van der Waals surface area contributed by atoms with Gasteiger partial charge in [0.25, 0.3) is 0 Å². The summed E-state index contributed by atoms with van der Waals surface area (Å²) in [7, 11) is 0. The van der Waals surface area contributed by atoms with Crippen molar-refractivity contribution in [2.24, 2.45) is 5.92 Å². The lowest BCUT2D eigenvalue weighted by Gasteiger charge is -2.22. The molecule has 0 amide bonds. The van der Waals surface area contributed by atoms with Crippen LogP contribution >= 0.6 is 0 Å². The second-order valence-electron chi connectivity index (χ2n) is 3.13. The third-order valence-corrected chi connectivity index (χ3v) is 1.91. The van der Waals surface area contributed by atoms with Gasteiger partial charge in [-0.25, -0.2) is 0 Å². The molecule has 0 aromatic carbocycles. The topological polar surface area (TPSA) is 23.5 Å². The summed E-state index contributed by atoms with van der Waals surface area (Å²) in [4.78, 5) is 0. The van der Waals surface area contributed by atoms with Crippen molar-refractivity contribution in [1.29, 1.82) is 0 Å². The van der Waals surface area contributed by atoms with Gasteiger partial charge in [0.1, 0.15) is 0 Å². The van der Waals surface area contributed by atoms with Crippen LogP contribution in [0.2, 0.25) is 0 Å². The molecule has 1 heterocycles. The van der Waals surface area contributed by atoms with E-state index in [1.54, 1.807) is 0 Å². The van der Waals surface area contributed by atoms with Gasteiger partial charge < -0.3 is 0 Å². The van der Waals surface area contributed by atoms with E-state index < -0.39 is 0 Å². The van der Waals surface area contributed by atoms with Crippen molar-refractivity contribution in [3.05, 3.63) is 11.8 Å². The molecule has 0 spiro atoms. The summed E-state index contributed by atoms with van der Waals surface area (Å²) in [6.07, 6.45) is 4.09. The molecule has 1 N–H and O–H groups in total. The van der Waals surface area contributed by atoms with Gasteiger partial charge in [0.05, 0.1) is 0 Å². The van der Waals surface area contributed by atoms with E-state index in [9.17, 15) is 0 Å². The smallest absolute Gasteiger partial charge is 0.0449 e. The molecule has 0 aliphatic carbocycles. The Bertz CT molecular complexity index is 140. The van der Waals surface area contributed by atoms with E-state index in [0.29, 0.717) is 5.92 Å². The normalized spacial score (nSPS) is 19.6. The lowest BCUT2D eigenvalue weighted by atomic mass is 9.98. The van der Waals surface area contributed by atoms with E-state index in [4.69, 9.17) is 5.21 Å². The molecular formula is C8H15NO. The third kappa shape index (κ3) is 1.74. The van der Waals surface area contributed by atoms with E-state index in [2.05, 4.69) is 13.8 Å². The zero-order chi connectivity index (χ0) is 7.56.